The number of imidazole rings is 1. The second kappa shape index (κ2) is 5.11. The first-order chi connectivity index (χ1) is 10.0. The number of aromatic nitrogens is 2. The van der Waals surface area contributed by atoms with E-state index in [0.717, 1.165) is 38.8 Å². The maximum Gasteiger partial charge on any atom is 0.169 e. The van der Waals surface area contributed by atoms with E-state index >= 15 is 0 Å². The van der Waals surface area contributed by atoms with Gasteiger partial charge in [-0.1, -0.05) is 23.8 Å². The fraction of sp³-hybridized carbons (Fsp3) is 0.176. The third-order valence-electron chi connectivity index (χ3n) is 3.66. The first-order valence-electron chi connectivity index (χ1n) is 6.72. The predicted molar refractivity (Wildman–Crippen MR) is 87.9 cm³/mol. The van der Waals surface area contributed by atoms with Crippen LogP contribution in [0.5, 0.6) is 0 Å². The van der Waals surface area contributed by atoms with E-state index < -0.39 is 0 Å². The van der Waals surface area contributed by atoms with E-state index in [9.17, 15) is 4.79 Å². The number of carbonyl (C=O) groups is 1. The summed E-state index contributed by atoms with van der Waals surface area (Å²) < 4.78 is 2.78. The van der Waals surface area contributed by atoms with Crippen LogP contribution in [0.3, 0.4) is 0 Å². The second-order valence-corrected chi connectivity index (χ2v) is 6.23. The Morgan fingerprint density at radius 1 is 1.14 bits per heavy atom. The molecule has 21 heavy (non-hydrogen) atoms. The van der Waals surface area contributed by atoms with E-state index in [2.05, 4.69) is 28.9 Å². The van der Waals surface area contributed by atoms with Crippen LogP contribution in [-0.4, -0.2) is 15.7 Å². The van der Waals surface area contributed by atoms with Gasteiger partial charge in [-0.3, -0.25) is 9.20 Å². The number of halogens is 1. The van der Waals surface area contributed by atoms with Crippen molar-refractivity contribution in [3.05, 3.63) is 57.3 Å². The molecule has 3 aromatic rings. The minimum absolute atomic E-state index is 0.585. The fourth-order valence-electron chi connectivity index (χ4n) is 2.68. The van der Waals surface area contributed by atoms with Crippen molar-refractivity contribution in [3.63, 3.8) is 0 Å². The van der Waals surface area contributed by atoms with Crippen LogP contribution in [0, 0.1) is 20.8 Å². The molecule has 2 aromatic heterocycles. The van der Waals surface area contributed by atoms with Crippen molar-refractivity contribution in [1.82, 2.24) is 9.38 Å². The van der Waals surface area contributed by atoms with Crippen LogP contribution in [0.1, 0.15) is 27.2 Å². The number of aldehydes is 1. The van der Waals surface area contributed by atoms with Crippen molar-refractivity contribution in [2.45, 2.75) is 20.8 Å². The Labute approximate surface area is 131 Å². The van der Waals surface area contributed by atoms with Crippen molar-refractivity contribution in [1.29, 1.82) is 0 Å². The summed E-state index contributed by atoms with van der Waals surface area (Å²) in [5.41, 5.74) is 6.50. The molecule has 0 N–H and O–H groups in total. The fourth-order valence-corrected chi connectivity index (χ4v) is 3.22. The summed E-state index contributed by atoms with van der Waals surface area (Å²) in [6.07, 6.45) is 2.76. The number of aryl methyl sites for hydroxylation is 3. The molecule has 106 valence electrons. The Hall–Kier alpha value is -1.94. The van der Waals surface area contributed by atoms with Crippen molar-refractivity contribution in [2.24, 2.45) is 0 Å². The Kier molecular flexibility index (Phi) is 3.41. The average Bonchev–Trinajstić information content (AvgIpc) is 2.77. The van der Waals surface area contributed by atoms with Crippen LogP contribution in [0.15, 0.2) is 34.9 Å². The Morgan fingerprint density at radius 3 is 2.57 bits per heavy atom. The molecule has 0 amide bonds. The van der Waals surface area contributed by atoms with Crippen molar-refractivity contribution in [3.8, 4) is 11.3 Å². The number of benzene rings is 1. The van der Waals surface area contributed by atoms with Gasteiger partial charge in [-0.25, -0.2) is 4.98 Å². The van der Waals surface area contributed by atoms with Gasteiger partial charge in [0.05, 0.1) is 0 Å². The lowest BCUT2D eigenvalue weighted by Gasteiger charge is -2.05. The molecule has 0 atom stereocenters. The van der Waals surface area contributed by atoms with E-state index in [1.807, 2.05) is 42.6 Å². The first-order valence-corrected chi connectivity index (χ1v) is 7.51. The molecule has 3 nitrogen and oxygen atoms in total. The third-order valence-corrected chi connectivity index (χ3v) is 4.09. The van der Waals surface area contributed by atoms with E-state index in [1.165, 1.54) is 5.56 Å². The minimum Gasteiger partial charge on any atom is -0.296 e. The maximum absolute atomic E-state index is 11.6. The molecule has 0 radical (unpaired) electrons. The molecule has 0 bridgehead atoms. The van der Waals surface area contributed by atoms with Crippen LogP contribution >= 0.6 is 15.9 Å². The molecule has 0 aliphatic heterocycles. The van der Waals surface area contributed by atoms with Crippen LogP contribution < -0.4 is 0 Å². The van der Waals surface area contributed by atoms with E-state index in [0.29, 0.717) is 5.69 Å². The second-order valence-electron chi connectivity index (χ2n) is 5.32. The van der Waals surface area contributed by atoms with Gasteiger partial charge in [-0.2, -0.15) is 0 Å². The molecule has 0 unspecified atom stereocenters. The van der Waals surface area contributed by atoms with Crippen LogP contribution in [0.4, 0.5) is 0 Å². The average molecular weight is 343 g/mol. The number of rotatable bonds is 2. The Balaban J connectivity index is 2.37. The van der Waals surface area contributed by atoms with Crippen molar-refractivity contribution >= 4 is 27.9 Å². The standard InChI is InChI=1S/C17H15BrN2O/c1-10-4-5-14(11(2)6-10)16-15(9-21)20-8-13(18)7-12(3)17(20)19-16/h4-9H,1-3H3. The van der Waals surface area contributed by atoms with Gasteiger partial charge in [0.2, 0.25) is 0 Å². The predicted octanol–water partition coefficient (Wildman–Crippen LogP) is 4.50. The monoisotopic (exact) mass is 342 g/mol. The van der Waals surface area contributed by atoms with Crippen LogP contribution in [-0.2, 0) is 0 Å². The third kappa shape index (κ3) is 2.29. The number of hydrogen-bond donors (Lipinski definition) is 0. The minimum atomic E-state index is 0.585. The SMILES string of the molecule is Cc1ccc(-c2nc3c(C)cc(Br)cn3c2C=O)c(C)c1. The van der Waals surface area contributed by atoms with E-state index in [1.54, 1.807) is 0 Å². The van der Waals surface area contributed by atoms with Crippen LogP contribution in [0.2, 0.25) is 0 Å². The van der Waals surface area contributed by atoms with E-state index in [-0.39, 0.29) is 0 Å². The number of pyridine rings is 1. The van der Waals surface area contributed by atoms with Crippen molar-refractivity contribution < 1.29 is 4.79 Å². The highest BCUT2D eigenvalue weighted by Crippen LogP contribution is 2.29. The van der Waals surface area contributed by atoms with Gasteiger partial charge < -0.3 is 0 Å². The normalized spacial score (nSPS) is 11.0. The zero-order valence-electron chi connectivity index (χ0n) is 12.1. The number of carbonyl (C=O) groups excluding carboxylic acids is 1. The van der Waals surface area contributed by atoms with Crippen LogP contribution in [0.25, 0.3) is 16.9 Å². The Morgan fingerprint density at radius 2 is 1.90 bits per heavy atom. The van der Waals surface area contributed by atoms with Crippen molar-refractivity contribution in [2.75, 3.05) is 0 Å². The summed E-state index contributed by atoms with van der Waals surface area (Å²) >= 11 is 3.47. The molecule has 2 heterocycles. The first kappa shape index (κ1) is 14.0. The van der Waals surface area contributed by atoms with Gasteiger partial charge in [0.1, 0.15) is 17.0 Å². The molecule has 3 rings (SSSR count). The summed E-state index contributed by atoms with van der Waals surface area (Å²) in [4.78, 5) is 16.3. The highest BCUT2D eigenvalue weighted by molar-refractivity contribution is 9.10. The lowest BCUT2D eigenvalue weighted by molar-refractivity contribution is 0.111. The zero-order valence-corrected chi connectivity index (χ0v) is 13.7. The molecule has 1 aromatic carbocycles. The topological polar surface area (TPSA) is 34.4 Å². The molecule has 0 aliphatic carbocycles. The van der Waals surface area contributed by atoms with Gasteiger partial charge in [0.15, 0.2) is 6.29 Å². The summed E-state index contributed by atoms with van der Waals surface area (Å²) in [5, 5.41) is 0. The molecule has 0 fully saturated rings. The largest absolute Gasteiger partial charge is 0.296 e. The van der Waals surface area contributed by atoms with Gasteiger partial charge in [0, 0.05) is 16.2 Å². The molecule has 4 heteroatoms. The highest BCUT2D eigenvalue weighted by Gasteiger charge is 2.16. The molecule has 0 saturated heterocycles. The highest BCUT2D eigenvalue weighted by atomic mass is 79.9. The Bertz CT molecular complexity index is 865. The van der Waals surface area contributed by atoms with E-state index in [4.69, 9.17) is 4.98 Å². The zero-order chi connectivity index (χ0) is 15.1. The quantitative estimate of drug-likeness (QED) is 0.642. The van der Waals surface area contributed by atoms with Gasteiger partial charge in [-0.15, -0.1) is 0 Å². The smallest absolute Gasteiger partial charge is 0.169 e. The number of hydrogen-bond acceptors (Lipinski definition) is 2. The lowest BCUT2D eigenvalue weighted by Crippen LogP contribution is -1.94. The summed E-state index contributed by atoms with van der Waals surface area (Å²) in [6, 6.07) is 8.19. The van der Waals surface area contributed by atoms with Gasteiger partial charge >= 0.3 is 0 Å². The molecular weight excluding hydrogens is 328 g/mol. The maximum atomic E-state index is 11.6. The summed E-state index contributed by atoms with van der Waals surface area (Å²) in [6.45, 7) is 6.10. The molecule has 0 spiro atoms. The summed E-state index contributed by atoms with van der Waals surface area (Å²) in [5.74, 6) is 0. The number of fused-ring (bicyclic) bond motifs is 1. The number of nitrogens with zero attached hydrogens (tertiary/aromatic N) is 2. The molecule has 0 saturated carbocycles. The lowest BCUT2D eigenvalue weighted by atomic mass is 10.0. The molecular formula is C17H15BrN2O. The summed E-state index contributed by atoms with van der Waals surface area (Å²) in [7, 11) is 0. The molecule has 0 aliphatic rings. The van der Waals surface area contributed by atoms with Gasteiger partial charge in [-0.05, 0) is 53.9 Å². The van der Waals surface area contributed by atoms with Gasteiger partial charge in [0.25, 0.3) is 0 Å².